The van der Waals surface area contributed by atoms with Crippen LogP contribution in [-0.2, 0) is 9.53 Å². The van der Waals surface area contributed by atoms with Crippen molar-refractivity contribution in [2.24, 2.45) is 0 Å². The van der Waals surface area contributed by atoms with Crippen LogP contribution in [-0.4, -0.2) is 17.1 Å². The fourth-order valence-electron chi connectivity index (χ4n) is 1.64. The normalized spacial score (nSPS) is 13.3. The molecule has 0 N–H and O–H groups in total. The summed E-state index contributed by atoms with van der Waals surface area (Å²) in [7, 11) is 0. The molecule has 1 heterocycles. The standard InChI is InChI=1S/C15H11ClF3NO2S/c1-9-8-23-14(20-9)13(15(17,18)19)22-12(21)7-4-10-2-5-11(16)6-3-10/h2-8,13H,1H3/b7-4+. The monoisotopic (exact) mass is 361 g/mol. The van der Waals surface area contributed by atoms with E-state index < -0.39 is 18.2 Å². The number of thiazole rings is 1. The SMILES string of the molecule is Cc1csc(C(OC(=O)/C=C/c2ccc(Cl)cc2)C(F)(F)F)n1. The van der Waals surface area contributed by atoms with Crippen LogP contribution < -0.4 is 0 Å². The zero-order chi connectivity index (χ0) is 17.0. The molecule has 23 heavy (non-hydrogen) atoms. The number of rotatable bonds is 4. The van der Waals surface area contributed by atoms with E-state index in [0.717, 1.165) is 17.4 Å². The van der Waals surface area contributed by atoms with Crippen molar-refractivity contribution >= 4 is 35.0 Å². The van der Waals surface area contributed by atoms with Crippen LogP contribution in [0.1, 0.15) is 22.4 Å². The number of aromatic nitrogens is 1. The van der Waals surface area contributed by atoms with E-state index in [1.54, 1.807) is 31.2 Å². The van der Waals surface area contributed by atoms with Crippen LogP contribution in [0.5, 0.6) is 0 Å². The second kappa shape index (κ2) is 7.14. The number of hydrogen-bond donors (Lipinski definition) is 0. The van der Waals surface area contributed by atoms with E-state index in [0.29, 0.717) is 16.3 Å². The molecule has 0 bridgehead atoms. The van der Waals surface area contributed by atoms with Crippen molar-refractivity contribution in [1.82, 2.24) is 4.98 Å². The van der Waals surface area contributed by atoms with Crippen LogP contribution in [0.2, 0.25) is 5.02 Å². The third-order valence-electron chi connectivity index (χ3n) is 2.67. The molecule has 0 fully saturated rings. The predicted octanol–water partition coefficient (Wildman–Crippen LogP) is 4.96. The van der Waals surface area contributed by atoms with Crippen molar-refractivity contribution in [3.63, 3.8) is 0 Å². The van der Waals surface area contributed by atoms with Crippen LogP contribution in [0.25, 0.3) is 6.08 Å². The first kappa shape index (κ1) is 17.5. The number of carbonyl (C=O) groups excluding carboxylic acids is 1. The fourth-order valence-corrected chi connectivity index (χ4v) is 2.62. The van der Waals surface area contributed by atoms with Gasteiger partial charge in [0.15, 0.2) is 0 Å². The Hall–Kier alpha value is -1.86. The molecule has 0 saturated carbocycles. The van der Waals surface area contributed by atoms with Gasteiger partial charge in [-0.15, -0.1) is 11.3 Å². The van der Waals surface area contributed by atoms with Crippen LogP contribution in [0.3, 0.4) is 0 Å². The summed E-state index contributed by atoms with van der Waals surface area (Å²) in [6.07, 6.45) is -4.82. The number of halogens is 4. The van der Waals surface area contributed by atoms with Gasteiger partial charge < -0.3 is 4.74 Å². The van der Waals surface area contributed by atoms with Gasteiger partial charge in [-0.05, 0) is 30.7 Å². The average Bonchev–Trinajstić information content (AvgIpc) is 2.89. The van der Waals surface area contributed by atoms with Crippen LogP contribution in [0.15, 0.2) is 35.7 Å². The molecular weight excluding hydrogens is 351 g/mol. The molecule has 0 aliphatic rings. The predicted molar refractivity (Wildman–Crippen MR) is 82.2 cm³/mol. The van der Waals surface area contributed by atoms with Gasteiger partial charge in [0.1, 0.15) is 5.01 Å². The molecule has 122 valence electrons. The Morgan fingerprint density at radius 3 is 2.52 bits per heavy atom. The topological polar surface area (TPSA) is 39.2 Å². The third-order valence-corrected chi connectivity index (χ3v) is 3.93. The minimum Gasteiger partial charge on any atom is -0.442 e. The molecule has 1 atom stereocenters. The molecule has 0 spiro atoms. The highest BCUT2D eigenvalue weighted by Crippen LogP contribution is 2.37. The zero-order valence-electron chi connectivity index (χ0n) is 11.8. The number of alkyl halides is 3. The molecule has 3 nitrogen and oxygen atoms in total. The first-order valence-corrected chi connectivity index (χ1v) is 7.64. The van der Waals surface area contributed by atoms with Crippen molar-refractivity contribution in [2.75, 3.05) is 0 Å². The summed E-state index contributed by atoms with van der Waals surface area (Å²) in [4.78, 5) is 15.4. The molecule has 8 heteroatoms. The van der Waals surface area contributed by atoms with E-state index in [4.69, 9.17) is 11.6 Å². The van der Waals surface area contributed by atoms with Gasteiger partial charge in [-0.2, -0.15) is 13.2 Å². The Morgan fingerprint density at radius 1 is 1.35 bits per heavy atom. The van der Waals surface area contributed by atoms with Gasteiger partial charge >= 0.3 is 12.1 Å². The zero-order valence-corrected chi connectivity index (χ0v) is 13.4. The lowest BCUT2D eigenvalue weighted by atomic mass is 10.2. The summed E-state index contributed by atoms with van der Waals surface area (Å²) < 4.78 is 43.6. The van der Waals surface area contributed by atoms with Gasteiger partial charge in [0, 0.05) is 22.2 Å². The van der Waals surface area contributed by atoms with Crippen LogP contribution >= 0.6 is 22.9 Å². The largest absolute Gasteiger partial charge is 0.442 e. The Kier molecular flexibility index (Phi) is 5.43. The van der Waals surface area contributed by atoms with Crippen LogP contribution in [0, 0.1) is 6.92 Å². The Balaban J connectivity index is 2.10. The fraction of sp³-hybridized carbons (Fsp3) is 0.200. The lowest BCUT2D eigenvalue weighted by Crippen LogP contribution is -2.25. The highest BCUT2D eigenvalue weighted by atomic mass is 35.5. The van der Waals surface area contributed by atoms with Gasteiger partial charge in [0.25, 0.3) is 0 Å². The quantitative estimate of drug-likeness (QED) is 0.570. The Morgan fingerprint density at radius 2 is 2.00 bits per heavy atom. The summed E-state index contributed by atoms with van der Waals surface area (Å²) >= 11 is 6.51. The van der Waals surface area contributed by atoms with Crippen molar-refractivity contribution in [1.29, 1.82) is 0 Å². The molecule has 0 radical (unpaired) electrons. The summed E-state index contributed by atoms with van der Waals surface area (Å²) in [5.41, 5.74) is 1.05. The second-order valence-corrected chi connectivity index (χ2v) is 5.90. The second-order valence-electron chi connectivity index (χ2n) is 4.57. The maximum Gasteiger partial charge on any atom is 0.432 e. The average molecular weight is 362 g/mol. The third kappa shape index (κ3) is 5.07. The summed E-state index contributed by atoms with van der Waals surface area (Å²) in [6, 6.07) is 6.45. The van der Waals surface area contributed by atoms with Crippen molar-refractivity contribution in [3.05, 3.63) is 57.0 Å². The van der Waals surface area contributed by atoms with Crippen molar-refractivity contribution in [2.45, 2.75) is 19.2 Å². The molecule has 0 aliphatic carbocycles. The van der Waals surface area contributed by atoms with E-state index in [-0.39, 0.29) is 5.01 Å². The van der Waals surface area contributed by atoms with Gasteiger partial charge in [-0.1, -0.05) is 23.7 Å². The molecule has 0 saturated heterocycles. The van der Waals surface area contributed by atoms with E-state index in [1.165, 1.54) is 11.5 Å². The highest BCUT2D eigenvalue weighted by molar-refractivity contribution is 7.09. The summed E-state index contributed by atoms with van der Waals surface area (Å²) in [5, 5.41) is 1.68. The van der Waals surface area contributed by atoms with Crippen molar-refractivity contribution < 1.29 is 22.7 Å². The summed E-state index contributed by atoms with van der Waals surface area (Å²) in [5.74, 6) is -1.10. The molecule has 1 aromatic carbocycles. The van der Waals surface area contributed by atoms with Gasteiger partial charge in [0.2, 0.25) is 6.10 Å². The number of esters is 1. The maximum atomic E-state index is 13.0. The molecular formula is C15H11ClF3NO2S. The number of benzene rings is 1. The lowest BCUT2D eigenvalue weighted by molar-refractivity contribution is -0.221. The Bertz CT molecular complexity index is 710. The maximum absolute atomic E-state index is 13.0. The molecule has 2 aromatic rings. The van der Waals surface area contributed by atoms with Crippen LogP contribution in [0.4, 0.5) is 13.2 Å². The van der Waals surface area contributed by atoms with Crippen molar-refractivity contribution in [3.8, 4) is 0 Å². The minimum absolute atomic E-state index is 0.303. The first-order chi connectivity index (χ1) is 10.8. The number of aryl methyl sites for hydroxylation is 1. The lowest BCUT2D eigenvalue weighted by Gasteiger charge is -2.17. The summed E-state index contributed by atoms with van der Waals surface area (Å²) in [6.45, 7) is 1.57. The Labute approximate surface area is 139 Å². The first-order valence-electron chi connectivity index (χ1n) is 6.38. The van der Waals surface area contributed by atoms with E-state index >= 15 is 0 Å². The number of hydrogen-bond acceptors (Lipinski definition) is 4. The van der Waals surface area contributed by atoms with Gasteiger partial charge in [0.05, 0.1) is 0 Å². The van der Waals surface area contributed by atoms with E-state index in [2.05, 4.69) is 9.72 Å². The molecule has 1 unspecified atom stereocenters. The van der Waals surface area contributed by atoms with E-state index in [9.17, 15) is 18.0 Å². The van der Waals surface area contributed by atoms with Gasteiger partial charge in [-0.3, -0.25) is 0 Å². The highest BCUT2D eigenvalue weighted by Gasteiger charge is 2.45. The smallest absolute Gasteiger partial charge is 0.432 e. The minimum atomic E-state index is -4.73. The number of ether oxygens (including phenoxy) is 1. The van der Waals surface area contributed by atoms with Gasteiger partial charge in [-0.25, -0.2) is 9.78 Å². The van der Waals surface area contributed by atoms with E-state index in [1.807, 2.05) is 0 Å². The molecule has 0 aliphatic heterocycles. The molecule has 0 amide bonds. The molecule has 1 aromatic heterocycles. The number of carbonyl (C=O) groups is 1. The number of nitrogens with zero attached hydrogens (tertiary/aromatic N) is 1. The molecule has 2 rings (SSSR count).